The molecule has 0 aliphatic rings. The van der Waals surface area contributed by atoms with Crippen LogP contribution in [0, 0.1) is 0 Å². The second-order valence-electron chi connectivity index (χ2n) is 6.01. The van der Waals surface area contributed by atoms with Crippen LogP contribution < -0.4 is 20.5 Å². The summed E-state index contributed by atoms with van der Waals surface area (Å²) in [6.07, 6.45) is -0.0808. The van der Waals surface area contributed by atoms with Crippen LogP contribution in [0.2, 0.25) is 0 Å². The molecule has 0 radical (unpaired) electrons. The third kappa shape index (κ3) is 4.75. The molecule has 0 bridgehead atoms. The summed E-state index contributed by atoms with van der Waals surface area (Å²) in [7, 11) is 2.99. The Morgan fingerprint density at radius 3 is 2.66 bits per heavy atom. The van der Waals surface area contributed by atoms with E-state index in [1.807, 2.05) is 0 Å². The molecule has 0 saturated carbocycles. The number of hydrogen-bond donors (Lipinski definition) is 1. The van der Waals surface area contributed by atoms with Gasteiger partial charge in [0.15, 0.2) is 12.2 Å². The summed E-state index contributed by atoms with van der Waals surface area (Å²) in [6.45, 7) is -0.377. The average molecular weight is 400 g/mol. The number of nitrogens with one attached hydrogen (secondary N) is 1. The highest BCUT2D eigenvalue weighted by atomic mass is 16.5. The number of methoxy groups -OCH3 is 2. The zero-order valence-corrected chi connectivity index (χ0v) is 16.0. The van der Waals surface area contributed by atoms with Crippen molar-refractivity contribution in [3.05, 3.63) is 53.0 Å². The third-order valence-electron chi connectivity index (χ3n) is 4.16. The Hall–Kier alpha value is -3.75. The Balaban J connectivity index is 1.52. The minimum Gasteiger partial charge on any atom is -0.497 e. The van der Waals surface area contributed by atoms with Gasteiger partial charge in [0.25, 0.3) is 5.91 Å². The summed E-state index contributed by atoms with van der Waals surface area (Å²) in [5.74, 6) is -0.696. The van der Waals surface area contributed by atoms with Crippen molar-refractivity contribution in [1.29, 1.82) is 0 Å². The van der Waals surface area contributed by atoms with Crippen molar-refractivity contribution >= 4 is 28.7 Å². The first-order chi connectivity index (χ1) is 14.0. The minimum absolute atomic E-state index is 0.0808. The van der Waals surface area contributed by atoms with Crippen molar-refractivity contribution in [3.63, 3.8) is 0 Å². The van der Waals surface area contributed by atoms with E-state index in [0.29, 0.717) is 28.3 Å². The quantitative estimate of drug-likeness (QED) is 0.577. The van der Waals surface area contributed by atoms with Gasteiger partial charge in [0.1, 0.15) is 11.5 Å². The third-order valence-corrected chi connectivity index (χ3v) is 4.16. The first kappa shape index (κ1) is 20.0. The second kappa shape index (κ2) is 8.96. The molecule has 3 aromatic rings. The predicted octanol–water partition coefficient (Wildman–Crippen LogP) is 2.18. The van der Waals surface area contributed by atoms with Gasteiger partial charge in [0, 0.05) is 12.6 Å². The fourth-order valence-electron chi connectivity index (χ4n) is 2.74. The molecule has 1 heterocycles. The monoisotopic (exact) mass is 400 g/mol. The Morgan fingerprint density at radius 1 is 1.10 bits per heavy atom. The maximum Gasteiger partial charge on any atom is 0.419 e. The molecule has 9 nitrogen and oxygen atoms in total. The number of carbonyl (C=O) groups excluding carboxylic acids is 2. The molecule has 1 aromatic heterocycles. The lowest BCUT2D eigenvalue weighted by molar-refractivity contribution is -0.147. The van der Waals surface area contributed by atoms with E-state index in [1.54, 1.807) is 42.5 Å². The number of fused-ring (bicyclic) bond motifs is 1. The summed E-state index contributed by atoms with van der Waals surface area (Å²) in [5.41, 5.74) is 1.46. The highest BCUT2D eigenvalue weighted by molar-refractivity contribution is 5.94. The molecule has 0 atom stereocenters. The van der Waals surface area contributed by atoms with E-state index in [2.05, 4.69) is 5.32 Å². The van der Waals surface area contributed by atoms with E-state index in [1.165, 1.54) is 18.8 Å². The Kier molecular flexibility index (Phi) is 6.18. The van der Waals surface area contributed by atoms with Gasteiger partial charge in [-0.3, -0.25) is 14.2 Å². The van der Waals surface area contributed by atoms with Crippen molar-refractivity contribution in [1.82, 2.24) is 4.57 Å². The van der Waals surface area contributed by atoms with Crippen LogP contribution in [0.15, 0.2) is 51.7 Å². The summed E-state index contributed by atoms with van der Waals surface area (Å²) in [5, 5.41) is 2.60. The van der Waals surface area contributed by atoms with E-state index in [4.69, 9.17) is 18.6 Å². The molecule has 0 aliphatic carbocycles. The number of aromatic nitrogens is 1. The lowest BCUT2D eigenvalue weighted by atomic mass is 10.2. The topological polar surface area (TPSA) is 109 Å². The summed E-state index contributed by atoms with van der Waals surface area (Å²) < 4.78 is 21.7. The number of benzene rings is 2. The first-order valence-corrected chi connectivity index (χ1v) is 8.77. The number of carbonyl (C=O) groups is 2. The van der Waals surface area contributed by atoms with E-state index in [0.717, 1.165) is 0 Å². The Morgan fingerprint density at radius 2 is 1.90 bits per heavy atom. The molecule has 3 rings (SSSR count). The second-order valence-corrected chi connectivity index (χ2v) is 6.01. The van der Waals surface area contributed by atoms with E-state index >= 15 is 0 Å². The number of aryl methyl sites for hydroxylation is 1. The lowest BCUT2D eigenvalue weighted by Gasteiger charge is -2.11. The van der Waals surface area contributed by atoms with Crippen molar-refractivity contribution in [3.8, 4) is 11.5 Å². The number of amides is 1. The molecular formula is C20H20N2O7. The number of para-hydroxylation sites is 2. The highest BCUT2D eigenvalue weighted by Crippen LogP contribution is 2.28. The molecule has 0 saturated heterocycles. The molecule has 0 spiro atoms. The van der Waals surface area contributed by atoms with Crippen molar-refractivity contribution in [2.45, 2.75) is 13.0 Å². The molecule has 1 N–H and O–H groups in total. The van der Waals surface area contributed by atoms with E-state index < -0.39 is 24.2 Å². The fraction of sp³-hybridized carbons (Fsp3) is 0.250. The van der Waals surface area contributed by atoms with Gasteiger partial charge < -0.3 is 23.9 Å². The first-order valence-electron chi connectivity index (χ1n) is 8.77. The van der Waals surface area contributed by atoms with Crippen LogP contribution in [0.25, 0.3) is 11.1 Å². The van der Waals surface area contributed by atoms with E-state index in [9.17, 15) is 14.4 Å². The molecule has 2 aromatic carbocycles. The van der Waals surface area contributed by atoms with Gasteiger partial charge in [-0.15, -0.1) is 0 Å². The number of oxazole rings is 1. The van der Waals surface area contributed by atoms with Crippen LogP contribution in [-0.2, 0) is 20.9 Å². The molecule has 0 aliphatic heterocycles. The summed E-state index contributed by atoms with van der Waals surface area (Å²) in [6, 6.07) is 11.8. The van der Waals surface area contributed by atoms with Crippen LogP contribution in [0.4, 0.5) is 5.69 Å². The van der Waals surface area contributed by atoms with Crippen molar-refractivity contribution < 1.29 is 28.2 Å². The normalized spacial score (nSPS) is 10.6. The standard InChI is InChI=1S/C20H20N2O7/c1-26-13-7-8-14(17(11-13)27-2)21-18(23)12-28-19(24)9-10-22-15-5-3-4-6-16(15)29-20(22)25/h3-8,11H,9-10,12H2,1-2H3,(H,21,23). The number of anilines is 1. The van der Waals surface area contributed by atoms with Gasteiger partial charge in [-0.25, -0.2) is 4.79 Å². The molecule has 152 valence electrons. The van der Waals surface area contributed by atoms with Gasteiger partial charge in [0.2, 0.25) is 0 Å². The largest absolute Gasteiger partial charge is 0.497 e. The van der Waals surface area contributed by atoms with Crippen molar-refractivity contribution in [2.24, 2.45) is 0 Å². The minimum atomic E-state index is -0.612. The fourth-order valence-corrected chi connectivity index (χ4v) is 2.74. The predicted molar refractivity (Wildman–Crippen MR) is 104 cm³/mol. The Labute approximate surface area is 165 Å². The van der Waals surface area contributed by atoms with Crippen LogP contribution in [-0.4, -0.2) is 37.3 Å². The summed E-state index contributed by atoms with van der Waals surface area (Å²) >= 11 is 0. The zero-order chi connectivity index (χ0) is 20.8. The molecule has 9 heteroatoms. The van der Waals surface area contributed by atoms with Crippen LogP contribution >= 0.6 is 0 Å². The maximum atomic E-state index is 12.1. The van der Waals surface area contributed by atoms with Gasteiger partial charge in [-0.05, 0) is 24.3 Å². The smallest absolute Gasteiger partial charge is 0.419 e. The maximum absolute atomic E-state index is 12.1. The number of nitrogens with zero attached hydrogens (tertiary/aromatic N) is 1. The number of ether oxygens (including phenoxy) is 3. The molecule has 0 unspecified atom stereocenters. The molecule has 1 amide bonds. The number of esters is 1. The van der Waals surface area contributed by atoms with Crippen LogP contribution in [0.3, 0.4) is 0 Å². The molecule has 0 fully saturated rings. The van der Waals surface area contributed by atoms with Gasteiger partial charge >= 0.3 is 11.7 Å². The van der Waals surface area contributed by atoms with Gasteiger partial charge in [-0.1, -0.05) is 12.1 Å². The van der Waals surface area contributed by atoms with Crippen LogP contribution in [0.1, 0.15) is 6.42 Å². The summed E-state index contributed by atoms with van der Waals surface area (Å²) in [4.78, 5) is 35.9. The van der Waals surface area contributed by atoms with Crippen LogP contribution in [0.5, 0.6) is 11.5 Å². The molecular weight excluding hydrogens is 380 g/mol. The van der Waals surface area contributed by atoms with E-state index in [-0.39, 0.29) is 13.0 Å². The van der Waals surface area contributed by atoms with Gasteiger partial charge in [0.05, 0.1) is 31.8 Å². The lowest BCUT2D eigenvalue weighted by Crippen LogP contribution is -2.22. The Bertz CT molecular complexity index is 1080. The number of rotatable bonds is 8. The zero-order valence-electron chi connectivity index (χ0n) is 16.0. The SMILES string of the molecule is COc1ccc(NC(=O)COC(=O)CCn2c(=O)oc3ccccc32)c(OC)c1. The number of hydrogen-bond acceptors (Lipinski definition) is 7. The highest BCUT2D eigenvalue weighted by Gasteiger charge is 2.14. The molecule has 29 heavy (non-hydrogen) atoms. The van der Waals surface area contributed by atoms with Crippen molar-refractivity contribution in [2.75, 3.05) is 26.1 Å². The van der Waals surface area contributed by atoms with Gasteiger partial charge in [-0.2, -0.15) is 0 Å². The average Bonchev–Trinajstić information content (AvgIpc) is 3.05.